The fourth-order valence-corrected chi connectivity index (χ4v) is 0. The average molecular weight is 340 g/mol. The summed E-state index contributed by atoms with van der Waals surface area (Å²) in [6.45, 7) is 0. The van der Waals surface area contributed by atoms with Gasteiger partial charge in [-0.25, -0.2) is 0 Å². The number of hydrogen-bond donors (Lipinski definition) is 0. The predicted octanol–water partition coefficient (Wildman–Crippen LogP) is -5.90. The summed E-state index contributed by atoms with van der Waals surface area (Å²) in [5.41, 5.74) is 0. The first-order valence-electron chi connectivity index (χ1n) is 0.816. The van der Waals surface area contributed by atoms with Crippen LogP contribution in [0, 0.1) is 0 Å². The Kier molecular flexibility index (Phi) is 26.9. The van der Waals surface area contributed by atoms with Crippen molar-refractivity contribution in [2.45, 2.75) is 0 Å². The molecule has 0 aliphatic carbocycles. The van der Waals surface area contributed by atoms with Gasteiger partial charge in [0.1, 0.15) is 0 Å². The first-order chi connectivity index (χ1) is 2.00. The molecule has 0 aliphatic rings. The van der Waals surface area contributed by atoms with Gasteiger partial charge in [0.15, 0.2) is 0 Å². The van der Waals surface area contributed by atoms with Gasteiger partial charge in [-0.15, -0.1) is 0 Å². The van der Waals surface area contributed by atoms with Crippen molar-refractivity contribution in [3.8, 4) is 0 Å². The van der Waals surface area contributed by atoms with Gasteiger partial charge in [0.05, 0.1) is 0 Å². The summed E-state index contributed by atoms with van der Waals surface area (Å²) in [5.74, 6) is 0. The Balaban J connectivity index is -0.0000000267. The fourth-order valence-electron chi connectivity index (χ4n) is 0. The third-order valence-corrected chi connectivity index (χ3v) is 0. The Morgan fingerprint density at radius 3 is 0.875 bits per heavy atom. The van der Waals surface area contributed by atoms with Gasteiger partial charge < -0.3 is 28.2 Å². The Bertz CT molecular complexity index is 31.5. The maximum atomic E-state index is 8.58. The van der Waals surface area contributed by atoms with Gasteiger partial charge in [-0.05, 0) is 0 Å². The summed E-state index contributed by atoms with van der Waals surface area (Å²) in [6, 6.07) is 0. The van der Waals surface area contributed by atoms with Crippen LogP contribution in [-0.2, 0) is 22.4 Å². The summed E-state index contributed by atoms with van der Waals surface area (Å²) >= 11 is 0. The van der Waals surface area contributed by atoms with Crippen molar-refractivity contribution in [1.29, 1.82) is 0 Å². The van der Waals surface area contributed by atoms with Crippen molar-refractivity contribution in [2.24, 2.45) is 0 Å². The Labute approximate surface area is 104 Å². The maximum Gasteiger partial charge on any atom is 5.00 e. The van der Waals surface area contributed by atoms with Crippen LogP contribution in [0.25, 0.3) is 0 Å². The molecule has 0 spiro atoms. The molecule has 0 unspecified atom stereocenters. The molecule has 0 aliphatic heterocycles. The standard InChI is InChI=1S/Al.Ca.O4Si.Ta/c;;1-5(2,3)4;/q+3;+2;-4;+5. The van der Waals surface area contributed by atoms with E-state index in [1.54, 1.807) is 0 Å². The van der Waals surface area contributed by atoms with E-state index in [1.807, 2.05) is 0 Å². The fraction of sp³-hybridized carbons (Fsp3) is 0. The SMILES string of the molecule is [Al+3].[Ca+2].[O-][Si]([O-])([O-])[O-].[Ta+5]. The number of rotatable bonds is 0. The third-order valence-electron chi connectivity index (χ3n) is 0. The second-order valence-corrected chi connectivity index (χ2v) is 1.50. The molecule has 8 heteroatoms. The van der Waals surface area contributed by atoms with E-state index in [4.69, 9.17) is 19.2 Å². The monoisotopic (exact) mass is 340 g/mol. The zero-order valence-corrected chi connectivity index (χ0v) is 11.4. The van der Waals surface area contributed by atoms with Crippen molar-refractivity contribution < 1.29 is 41.6 Å². The Morgan fingerprint density at radius 2 is 0.875 bits per heavy atom. The molecule has 8 heavy (non-hydrogen) atoms. The second-order valence-electron chi connectivity index (χ2n) is 0.500. The van der Waals surface area contributed by atoms with E-state index in [0.717, 1.165) is 0 Å². The number of hydrogen-bond acceptors (Lipinski definition) is 4. The molecule has 0 atom stereocenters. The molecule has 0 aromatic rings. The van der Waals surface area contributed by atoms with E-state index in [-0.39, 0.29) is 77.5 Å². The molecule has 0 N–H and O–H groups in total. The molecule has 0 aromatic heterocycles. The third kappa shape index (κ3) is 73.8. The minimum atomic E-state index is -5.61. The summed E-state index contributed by atoms with van der Waals surface area (Å²) < 4.78 is 0. The molecule has 4 nitrogen and oxygen atoms in total. The molecule has 0 amide bonds. The van der Waals surface area contributed by atoms with Crippen LogP contribution in [0.15, 0.2) is 0 Å². The Morgan fingerprint density at radius 1 is 0.875 bits per heavy atom. The van der Waals surface area contributed by atoms with Gasteiger partial charge in [-0.3, -0.25) is 0 Å². The van der Waals surface area contributed by atoms with Crippen LogP contribution >= 0.6 is 0 Å². The molecule has 0 fully saturated rings. The van der Waals surface area contributed by atoms with Gasteiger partial charge in [0, 0.05) is 0 Å². The first-order valence-corrected chi connectivity index (χ1v) is 2.45. The van der Waals surface area contributed by atoms with Gasteiger partial charge in [0.25, 0.3) is 0 Å². The second kappa shape index (κ2) is 9.59. The van der Waals surface area contributed by atoms with Crippen LogP contribution in [-0.4, -0.2) is 64.1 Å². The smallest absolute Gasteiger partial charge is 0.894 e. The zero-order chi connectivity index (χ0) is 4.50. The van der Waals surface area contributed by atoms with E-state index in [2.05, 4.69) is 0 Å². The largest absolute Gasteiger partial charge is 5.00 e. The maximum absolute atomic E-state index is 8.58. The van der Waals surface area contributed by atoms with Crippen LogP contribution in [0.1, 0.15) is 0 Å². The van der Waals surface area contributed by atoms with Crippen molar-refractivity contribution in [2.75, 3.05) is 0 Å². The van der Waals surface area contributed by atoms with Crippen LogP contribution in [0.3, 0.4) is 0 Å². The van der Waals surface area contributed by atoms with Crippen LogP contribution < -0.4 is 19.2 Å². The Hall–Kier alpha value is 2.59. The van der Waals surface area contributed by atoms with Gasteiger partial charge in [-0.2, -0.15) is 0 Å². The molecular formula is AlCaO4SiTa+6. The van der Waals surface area contributed by atoms with Crippen molar-refractivity contribution in [1.82, 2.24) is 0 Å². The average Bonchev–Trinajstić information content (AvgIpc) is 0.722. The van der Waals surface area contributed by atoms with E-state index < -0.39 is 9.05 Å². The summed E-state index contributed by atoms with van der Waals surface area (Å²) in [6.07, 6.45) is 0. The van der Waals surface area contributed by atoms with E-state index in [9.17, 15) is 0 Å². The first kappa shape index (κ1) is 22.4. The quantitative estimate of drug-likeness (QED) is 0.411. The predicted molar refractivity (Wildman–Crippen MR) is 17.3 cm³/mol. The van der Waals surface area contributed by atoms with Crippen molar-refractivity contribution >= 4 is 64.1 Å². The molecular weight excluding hydrogens is 340 g/mol. The summed E-state index contributed by atoms with van der Waals surface area (Å²) in [5, 5.41) is 0. The molecule has 0 saturated heterocycles. The molecule has 0 heterocycles. The van der Waals surface area contributed by atoms with Gasteiger partial charge >= 0.3 is 77.5 Å². The summed E-state index contributed by atoms with van der Waals surface area (Å²) in [4.78, 5) is 34.3. The topological polar surface area (TPSA) is 92.2 Å². The van der Waals surface area contributed by atoms with E-state index in [1.165, 1.54) is 0 Å². The summed E-state index contributed by atoms with van der Waals surface area (Å²) in [7, 11) is -5.61. The minimum Gasteiger partial charge on any atom is -0.894 e. The molecule has 0 rings (SSSR count). The normalized spacial score (nSPS) is 7.50. The van der Waals surface area contributed by atoms with E-state index in [0.29, 0.717) is 0 Å². The van der Waals surface area contributed by atoms with Crippen molar-refractivity contribution in [3.05, 3.63) is 0 Å². The molecule has 0 radical (unpaired) electrons. The zero-order valence-electron chi connectivity index (χ0n) is 3.86. The molecule has 0 bridgehead atoms. The van der Waals surface area contributed by atoms with Gasteiger partial charge in [0.2, 0.25) is 0 Å². The van der Waals surface area contributed by atoms with Gasteiger partial charge in [-0.1, -0.05) is 0 Å². The van der Waals surface area contributed by atoms with Crippen molar-refractivity contribution in [3.63, 3.8) is 0 Å². The van der Waals surface area contributed by atoms with Crippen LogP contribution in [0.4, 0.5) is 0 Å². The molecule has 0 saturated carbocycles. The van der Waals surface area contributed by atoms with E-state index >= 15 is 0 Å². The minimum absolute atomic E-state index is 0. The van der Waals surface area contributed by atoms with Crippen LogP contribution in [0.2, 0.25) is 0 Å². The molecule has 32 valence electrons. The molecule has 0 aromatic carbocycles. The van der Waals surface area contributed by atoms with Crippen LogP contribution in [0.5, 0.6) is 0 Å².